The van der Waals surface area contributed by atoms with Crippen LogP contribution in [-0.2, 0) is 19.6 Å². The first-order chi connectivity index (χ1) is 16.0. The van der Waals surface area contributed by atoms with Crippen LogP contribution in [0.4, 0.5) is 15.9 Å². The van der Waals surface area contributed by atoms with Crippen LogP contribution >= 0.6 is 0 Å². The molecule has 0 bridgehead atoms. The van der Waals surface area contributed by atoms with Crippen molar-refractivity contribution in [1.29, 1.82) is 0 Å². The maximum absolute atomic E-state index is 13.7. The number of nitrogens with zero attached hydrogens (tertiary/aromatic N) is 2. The van der Waals surface area contributed by atoms with Crippen LogP contribution in [0.15, 0.2) is 59.6 Å². The first kappa shape index (κ1) is 24.9. The van der Waals surface area contributed by atoms with E-state index in [0.29, 0.717) is 5.82 Å². The van der Waals surface area contributed by atoms with Crippen molar-refractivity contribution in [2.45, 2.75) is 44.7 Å². The molecule has 3 aromatic rings. The van der Waals surface area contributed by atoms with Crippen LogP contribution in [0.5, 0.6) is 0 Å². The van der Waals surface area contributed by atoms with Crippen LogP contribution < -0.4 is 10.0 Å². The molecule has 0 spiro atoms. The molecule has 1 aromatic heterocycles. The van der Waals surface area contributed by atoms with E-state index in [1.165, 1.54) is 56.3 Å². The largest absolute Gasteiger partial charge is 0.449 e. The Morgan fingerprint density at radius 2 is 1.74 bits per heavy atom. The van der Waals surface area contributed by atoms with Gasteiger partial charge >= 0.3 is 5.97 Å². The van der Waals surface area contributed by atoms with Crippen LogP contribution in [0.1, 0.15) is 42.7 Å². The lowest BCUT2D eigenvalue weighted by Crippen LogP contribution is -2.31. The second kappa shape index (κ2) is 10.0. The number of amides is 1. The number of aromatic nitrogens is 2. The molecule has 2 N–H and O–H groups in total. The zero-order chi connectivity index (χ0) is 25.0. The Morgan fingerprint density at radius 1 is 1.06 bits per heavy atom. The van der Waals surface area contributed by atoms with E-state index < -0.39 is 33.8 Å². The molecule has 1 atom stereocenters. The van der Waals surface area contributed by atoms with Crippen LogP contribution in [0.2, 0.25) is 0 Å². The number of sulfonamides is 1. The number of hydrogen-bond donors (Lipinski definition) is 2. The topological polar surface area (TPSA) is 119 Å². The van der Waals surface area contributed by atoms with Crippen molar-refractivity contribution in [3.8, 4) is 0 Å². The number of anilines is 2. The van der Waals surface area contributed by atoms with Crippen LogP contribution in [-0.4, -0.2) is 36.2 Å². The normalized spacial score (nSPS) is 12.3. The molecule has 0 saturated heterocycles. The van der Waals surface area contributed by atoms with Crippen molar-refractivity contribution >= 4 is 33.4 Å². The van der Waals surface area contributed by atoms with Gasteiger partial charge < -0.3 is 10.1 Å². The number of ether oxygens (including phenoxy) is 1. The van der Waals surface area contributed by atoms with E-state index in [2.05, 4.69) is 15.1 Å². The van der Waals surface area contributed by atoms with Gasteiger partial charge in [-0.25, -0.2) is 22.3 Å². The van der Waals surface area contributed by atoms with Crippen molar-refractivity contribution in [3.05, 3.63) is 71.7 Å². The van der Waals surface area contributed by atoms with E-state index in [4.69, 9.17) is 4.74 Å². The summed E-state index contributed by atoms with van der Waals surface area (Å²) in [6.07, 6.45) is 0.467. The zero-order valence-corrected chi connectivity index (χ0v) is 19.9. The van der Waals surface area contributed by atoms with Crippen molar-refractivity contribution < 1.29 is 27.1 Å². The Hall–Kier alpha value is -3.73. The predicted molar refractivity (Wildman–Crippen MR) is 125 cm³/mol. The quantitative estimate of drug-likeness (QED) is 0.464. The highest BCUT2D eigenvalue weighted by Gasteiger charge is 2.22. The smallest absolute Gasteiger partial charge is 0.338 e. The molecule has 0 saturated carbocycles. The highest BCUT2D eigenvalue weighted by Crippen LogP contribution is 2.22. The van der Waals surface area contributed by atoms with Crippen LogP contribution in [0, 0.1) is 12.7 Å². The van der Waals surface area contributed by atoms with Gasteiger partial charge in [0, 0.05) is 23.4 Å². The molecule has 1 amide bonds. The SMILES string of the molecule is Cc1c(F)cccc1S(=O)(=O)Nc1ccc(C(=O)OC(C)C(=O)Nc2ccnn2C(C)C)cc1. The van der Waals surface area contributed by atoms with Gasteiger partial charge in [0.25, 0.3) is 15.9 Å². The maximum Gasteiger partial charge on any atom is 0.338 e. The van der Waals surface area contributed by atoms with Crippen molar-refractivity contribution in [3.63, 3.8) is 0 Å². The van der Waals surface area contributed by atoms with E-state index >= 15 is 0 Å². The molecule has 3 rings (SSSR count). The summed E-state index contributed by atoms with van der Waals surface area (Å²) in [6, 6.07) is 10.9. The summed E-state index contributed by atoms with van der Waals surface area (Å²) in [5, 5.41) is 6.79. The molecule has 1 heterocycles. The third-order valence-corrected chi connectivity index (χ3v) is 6.47. The number of benzene rings is 2. The van der Waals surface area contributed by atoms with Gasteiger partial charge in [-0.15, -0.1) is 0 Å². The zero-order valence-electron chi connectivity index (χ0n) is 19.1. The Bertz CT molecular complexity index is 1300. The molecule has 1 unspecified atom stereocenters. The number of esters is 1. The van der Waals surface area contributed by atoms with Crippen molar-refractivity contribution in [1.82, 2.24) is 9.78 Å². The van der Waals surface area contributed by atoms with Gasteiger partial charge in [0.1, 0.15) is 11.6 Å². The monoisotopic (exact) mass is 488 g/mol. The summed E-state index contributed by atoms with van der Waals surface area (Å²) in [6.45, 7) is 6.63. The highest BCUT2D eigenvalue weighted by molar-refractivity contribution is 7.92. The van der Waals surface area contributed by atoms with Crippen LogP contribution in [0.25, 0.3) is 0 Å². The second-order valence-electron chi connectivity index (χ2n) is 7.84. The van der Waals surface area contributed by atoms with E-state index in [9.17, 15) is 22.4 Å². The van der Waals surface area contributed by atoms with E-state index in [-0.39, 0.29) is 27.8 Å². The summed E-state index contributed by atoms with van der Waals surface area (Å²) in [5.41, 5.74) is 0.295. The molecular formula is C23H25FN4O5S. The minimum Gasteiger partial charge on any atom is -0.449 e. The fraction of sp³-hybridized carbons (Fsp3) is 0.261. The Labute approximate surface area is 197 Å². The maximum atomic E-state index is 13.7. The average Bonchev–Trinajstić information content (AvgIpc) is 3.24. The molecule has 0 fully saturated rings. The Kier molecular flexibility index (Phi) is 7.35. The average molecular weight is 489 g/mol. The number of hydrogen-bond acceptors (Lipinski definition) is 6. The lowest BCUT2D eigenvalue weighted by Gasteiger charge is -2.16. The highest BCUT2D eigenvalue weighted by atomic mass is 32.2. The summed E-state index contributed by atoms with van der Waals surface area (Å²) >= 11 is 0. The third-order valence-electron chi connectivity index (χ3n) is 4.94. The number of halogens is 1. The molecule has 180 valence electrons. The minimum absolute atomic E-state index is 0.00101. The van der Waals surface area contributed by atoms with Crippen molar-refractivity contribution in [2.75, 3.05) is 10.0 Å². The lowest BCUT2D eigenvalue weighted by atomic mass is 10.2. The molecule has 34 heavy (non-hydrogen) atoms. The van der Waals surface area contributed by atoms with Gasteiger partial charge in [0.05, 0.1) is 16.7 Å². The molecular weight excluding hydrogens is 463 g/mol. The summed E-state index contributed by atoms with van der Waals surface area (Å²) in [4.78, 5) is 24.7. The van der Waals surface area contributed by atoms with Gasteiger partial charge in [0.15, 0.2) is 6.10 Å². The molecule has 9 nitrogen and oxygen atoms in total. The lowest BCUT2D eigenvalue weighted by molar-refractivity contribution is -0.123. The Balaban J connectivity index is 1.64. The van der Waals surface area contributed by atoms with E-state index in [1.54, 1.807) is 16.9 Å². The summed E-state index contributed by atoms with van der Waals surface area (Å²) in [7, 11) is -4.03. The van der Waals surface area contributed by atoms with Crippen molar-refractivity contribution in [2.24, 2.45) is 0 Å². The number of carbonyl (C=O) groups is 2. The van der Waals surface area contributed by atoms with E-state index in [1.807, 2.05) is 13.8 Å². The molecule has 0 aliphatic carbocycles. The fourth-order valence-corrected chi connectivity index (χ4v) is 4.41. The van der Waals surface area contributed by atoms with Gasteiger partial charge in [-0.05, 0) is 64.1 Å². The Morgan fingerprint density at radius 3 is 2.38 bits per heavy atom. The van der Waals surface area contributed by atoms with E-state index in [0.717, 1.165) is 0 Å². The summed E-state index contributed by atoms with van der Waals surface area (Å²) < 4.78 is 48.1. The van der Waals surface area contributed by atoms with Crippen LogP contribution in [0.3, 0.4) is 0 Å². The van der Waals surface area contributed by atoms with Gasteiger partial charge in [0.2, 0.25) is 0 Å². The predicted octanol–water partition coefficient (Wildman–Crippen LogP) is 3.90. The third kappa shape index (κ3) is 5.60. The minimum atomic E-state index is -4.03. The number of rotatable bonds is 8. The second-order valence-corrected chi connectivity index (χ2v) is 9.49. The molecule has 2 aromatic carbocycles. The first-order valence-electron chi connectivity index (χ1n) is 10.4. The number of carbonyl (C=O) groups excluding carboxylic acids is 2. The van der Waals surface area contributed by atoms with Gasteiger partial charge in [-0.1, -0.05) is 6.07 Å². The standard InChI is InChI=1S/C23H25FN4O5S/c1-14(2)28-21(12-13-25-28)26-22(29)16(4)33-23(30)17-8-10-18(11-9-17)27-34(31,32)20-7-5-6-19(24)15(20)3/h5-14,16,27H,1-4H3,(H,26,29). The molecule has 0 aliphatic heterocycles. The first-order valence-corrected chi connectivity index (χ1v) is 11.9. The molecule has 0 aliphatic rings. The van der Waals surface area contributed by atoms with Gasteiger partial charge in [-0.3, -0.25) is 9.52 Å². The molecule has 11 heteroatoms. The summed E-state index contributed by atoms with van der Waals surface area (Å²) in [5.74, 6) is -1.43. The van der Waals surface area contributed by atoms with Gasteiger partial charge in [-0.2, -0.15) is 5.10 Å². The fourth-order valence-electron chi connectivity index (χ4n) is 3.10. The molecule has 0 radical (unpaired) electrons. The number of nitrogens with one attached hydrogen (secondary N) is 2.